The zero-order valence-electron chi connectivity index (χ0n) is 13.4. The SMILES string of the molecule is Cc1ccc(CC(=O)N(C)CC(=O)N[C@H]2CCS(=O)(=O)C2)cc1. The summed E-state index contributed by atoms with van der Waals surface area (Å²) in [5.41, 5.74) is 2.02. The van der Waals surface area contributed by atoms with Gasteiger partial charge in [0.05, 0.1) is 24.5 Å². The molecule has 1 aliphatic rings. The summed E-state index contributed by atoms with van der Waals surface area (Å²) in [6, 6.07) is 7.33. The average Bonchev–Trinajstić information content (AvgIpc) is 2.80. The summed E-state index contributed by atoms with van der Waals surface area (Å²) in [6.45, 7) is 1.91. The molecule has 1 aliphatic heterocycles. The normalized spacial score (nSPS) is 19.3. The Morgan fingerprint density at radius 1 is 1.26 bits per heavy atom. The van der Waals surface area contributed by atoms with Crippen molar-refractivity contribution in [3.8, 4) is 0 Å². The summed E-state index contributed by atoms with van der Waals surface area (Å²) in [5, 5.41) is 2.68. The molecule has 1 heterocycles. The van der Waals surface area contributed by atoms with Crippen molar-refractivity contribution >= 4 is 21.7 Å². The van der Waals surface area contributed by atoms with Crippen molar-refractivity contribution in [2.75, 3.05) is 25.1 Å². The van der Waals surface area contributed by atoms with Gasteiger partial charge >= 0.3 is 0 Å². The number of hydrogen-bond donors (Lipinski definition) is 1. The first kappa shape index (κ1) is 17.5. The predicted octanol–water partition coefficient (Wildman–Crippen LogP) is 0.299. The molecule has 0 aliphatic carbocycles. The number of nitrogens with zero attached hydrogens (tertiary/aromatic N) is 1. The van der Waals surface area contributed by atoms with Crippen LogP contribution in [-0.2, 0) is 25.8 Å². The lowest BCUT2D eigenvalue weighted by atomic mass is 10.1. The van der Waals surface area contributed by atoms with Gasteiger partial charge < -0.3 is 10.2 Å². The van der Waals surface area contributed by atoms with Crippen molar-refractivity contribution in [2.24, 2.45) is 0 Å². The molecule has 0 unspecified atom stereocenters. The van der Waals surface area contributed by atoms with E-state index in [9.17, 15) is 18.0 Å². The molecular weight excluding hydrogens is 316 g/mol. The Morgan fingerprint density at radius 3 is 2.48 bits per heavy atom. The Hall–Kier alpha value is -1.89. The lowest BCUT2D eigenvalue weighted by molar-refractivity contribution is -0.134. The molecule has 1 saturated heterocycles. The van der Waals surface area contributed by atoms with Crippen LogP contribution >= 0.6 is 0 Å². The van der Waals surface area contributed by atoms with Gasteiger partial charge in [0.25, 0.3) is 0 Å². The van der Waals surface area contributed by atoms with E-state index in [1.807, 2.05) is 31.2 Å². The molecule has 0 saturated carbocycles. The molecule has 2 amide bonds. The number of hydrogen-bond acceptors (Lipinski definition) is 4. The highest BCUT2D eigenvalue weighted by Gasteiger charge is 2.29. The molecule has 0 radical (unpaired) electrons. The maximum Gasteiger partial charge on any atom is 0.239 e. The van der Waals surface area contributed by atoms with Crippen LogP contribution in [0.3, 0.4) is 0 Å². The maximum atomic E-state index is 12.1. The van der Waals surface area contributed by atoms with Gasteiger partial charge in [0.1, 0.15) is 0 Å². The zero-order chi connectivity index (χ0) is 17.0. The van der Waals surface area contributed by atoms with Crippen LogP contribution in [0, 0.1) is 6.92 Å². The van der Waals surface area contributed by atoms with Gasteiger partial charge in [-0.15, -0.1) is 0 Å². The molecule has 6 nitrogen and oxygen atoms in total. The first-order chi connectivity index (χ1) is 10.7. The number of likely N-dealkylation sites (N-methyl/N-ethyl adjacent to an activating group) is 1. The molecule has 7 heteroatoms. The molecule has 0 spiro atoms. The van der Waals surface area contributed by atoms with Crippen molar-refractivity contribution in [3.05, 3.63) is 35.4 Å². The van der Waals surface area contributed by atoms with Crippen molar-refractivity contribution < 1.29 is 18.0 Å². The molecule has 1 aromatic rings. The molecule has 0 bridgehead atoms. The number of sulfone groups is 1. The summed E-state index contributed by atoms with van der Waals surface area (Å²) in [5.74, 6) is -0.380. The van der Waals surface area contributed by atoms with Crippen LogP contribution in [-0.4, -0.2) is 56.3 Å². The van der Waals surface area contributed by atoms with Crippen LogP contribution in [0.4, 0.5) is 0 Å². The molecule has 1 aromatic carbocycles. The summed E-state index contributed by atoms with van der Waals surface area (Å²) >= 11 is 0. The fraction of sp³-hybridized carbons (Fsp3) is 0.500. The molecule has 1 N–H and O–H groups in total. The van der Waals surface area contributed by atoms with E-state index in [1.54, 1.807) is 7.05 Å². The van der Waals surface area contributed by atoms with E-state index < -0.39 is 9.84 Å². The first-order valence-electron chi connectivity index (χ1n) is 7.54. The van der Waals surface area contributed by atoms with Crippen molar-refractivity contribution in [1.29, 1.82) is 0 Å². The van der Waals surface area contributed by atoms with E-state index in [0.717, 1.165) is 11.1 Å². The van der Waals surface area contributed by atoms with Crippen molar-refractivity contribution in [1.82, 2.24) is 10.2 Å². The summed E-state index contributed by atoms with van der Waals surface area (Å²) in [4.78, 5) is 25.4. The van der Waals surface area contributed by atoms with Gasteiger partial charge in [0, 0.05) is 13.1 Å². The van der Waals surface area contributed by atoms with Gasteiger partial charge in [-0.3, -0.25) is 9.59 Å². The highest BCUT2D eigenvalue weighted by Crippen LogP contribution is 2.11. The van der Waals surface area contributed by atoms with E-state index in [2.05, 4.69) is 5.32 Å². The van der Waals surface area contributed by atoms with Crippen molar-refractivity contribution in [2.45, 2.75) is 25.8 Å². The monoisotopic (exact) mass is 338 g/mol. The summed E-state index contributed by atoms with van der Waals surface area (Å²) in [7, 11) is -1.45. The molecule has 0 aromatic heterocycles. The second-order valence-electron chi connectivity index (χ2n) is 6.08. The minimum atomic E-state index is -3.03. The fourth-order valence-electron chi connectivity index (χ4n) is 2.50. The second kappa shape index (κ2) is 7.12. The van der Waals surface area contributed by atoms with Crippen LogP contribution in [0.15, 0.2) is 24.3 Å². The van der Waals surface area contributed by atoms with E-state index in [-0.39, 0.29) is 42.3 Å². The number of amides is 2. The average molecular weight is 338 g/mol. The topological polar surface area (TPSA) is 83.6 Å². The molecule has 1 atom stereocenters. The Kier molecular flexibility index (Phi) is 5.41. The molecule has 2 rings (SSSR count). The number of aryl methyl sites for hydroxylation is 1. The van der Waals surface area contributed by atoms with Crippen LogP contribution in [0.1, 0.15) is 17.5 Å². The van der Waals surface area contributed by atoms with Crippen LogP contribution in [0.2, 0.25) is 0 Å². The van der Waals surface area contributed by atoms with Crippen LogP contribution in [0.5, 0.6) is 0 Å². The van der Waals surface area contributed by atoms with E-state index in [0.29, 0.717) is 6.42 Å². The third kappa shape index (κ3) is 5.35. The largest absolute Gasteiger partial charge is 0.351 e. The first-order valence-corrected chi connectivity index (χ1v) is 9.36. The Balaban J connectivity index is 1.81. The number of rotatable bonds is 5. The van der Waals surface area contributed by atoms with E-state index in [1.165, 1.54) is 4.90 Å². The quantitative estimate of drug-likeness (QED) is 0.837. The minimum absolute atomic E-state index is 0.0141. The third-order valence-electron chi connectivity index (χ3n) is 3.88. The Labute approximate surface area is 136 Å². The molecular formula is C16H22N2O4S. The molecule has 23 heavy (non-hydrogen) atoms. The predicted molar refractivity (Wildman–Crippen MR) is 87.7 cm³/mol. The number of nitrogens with one attached hydrogen (secondary N) is 1. The smallest absolute Gasteiger partial charge is 0.239 e. The highest BCUT2D eigenvalue weighted by atomic mass is 32.2. The summed E-state index contributed by atoms with van der Waals surface area (Å²) in [6.07, 6.45) is 0.678. The lowest BCUT2D eigenvalue weighted by Crippen LogP contribution is -2.43. The van der Waals surface area contributed by atoms with Gasteiger partial charge in [-0.2, -0.15) is 0 Å². The van der Waals surface area contributed by atoms with Gasteiger partial charge in [-0.05, 0) is 18.9 Å². The summed E-state index contributed by atoms with van der Waals surface area (Å²) < 4.78 is 22.7. The van der Waals surface area contributed by atoms with E-state index in [4.69, 9.17) is 0 Å². The van der Waals surface area contributed by atoms with Crippen molar-refractivity contribution in [3.63, 3.8) is 0 Å². The molecule has 126 valence electrons. The number of carbonyl (C=O) groups is 2. The van der Waals surface area contributed by atoms with Gasteiger partial charge in [0.15, 0.2) is 9.84 Å². The zero-order valence-corrected chi connectivity index (χ0v) is 14.2. The number of carbonyl (C=O) groups excluding carboxylic acids is 2. The third-order valence-corrected chi connectivity index (χ3v) is 5.65. The second-order valence-corrected chi connectivity index (χ2v) is 8.31. The lowest BCUT2D eigenvalue weighted by Gasteiger charge is -2.18. The highest BCUT2D eigenvalue weighted by molar-refractivity contribution is 7.91. The molecule has 1 fully saturated rings. The Bertz CT molecular complexity index is 683. The standard InChI is InChI=1S/C16H22N2O4S/c1-12-3-5-13(6-4-12)9-16(20)18(2)10-15(19)17-14-7-8-23(21,22)11-14/h3-6,14H,7-11H2,1-2H3,(H,17,19)/t14-/m0/s1. The van der Waals surface area contributed by atoms with Crippen LogP contribution in [0.25, 0.3) is 0 Å². The van der Waals surface area contributed by atoms with Gasteiger partial charge in [-0.25, -0.2) is 8.42 Å². The Morgan fingerprint density at radius 2 is 1.91 bits per heavy atom. The number of benzene rings is 1. The van der Waals surface area contributed by atoms with Gasteiger partial charge in [0.2, 0.25) is 11.8 Å². The maximum absolute atomic E-state index is 12.1. The van der Waals surface area contributed by atoms with Crippen LogP contribution < -0.4 is 5.32 Å². The fourth-order valence-corrected chi connectivity index (χ4v) is 4.17. The minimum Gasteiger partial charge on any atom is -0.351 e. The van der Waals surface area contributed by atoms with Gasteiger partial charge in [-0.1, -0.05) is 29.8 Å². The van der Waals surface area contributed by atoms with E-state index >= 15 is 0 Å².